The number of alkyl halides is 1. The molecule has 0 atom stereocenters. The summed E-state index contributed by atoms with van der Waals surface area (Å²) >= 11 is 3.38. The Hall–Kier alpha value is -1.35. The molecule has 82 valence electrons. The lowest BCUT2D eigenvalue weighted by molar-refractivity contribution is 1.27. The van der Waals surface area contributed by atoms with E-state index in [0.717, 1.165) is 28.2 Å². The third kappa shape index (κ3) is 2.25. The maximum Gasteiger partial charge on any atom is 0.189 e. The van der Waals surface area contributed by atoms with Crippen LogP contribution in [-0.4, -0.2) is 10.3 Å². The average Bonchev–Trinajstić information content (AvgIpc) is 2.31. The van der Waals surface area contributed by atoms with Crippen LogP contribution in [0.3, 0.4) is 0 Å². The summed E-state index contributed by atoms with van der Waals surface area (Å²) in [7, 11) is 0. The maximum atomic E-state index is 11.6. The summed E-state index contributed by atoms with van der Waals surface area (Å²) in [6.45, 7) is 0. The van der Waals surface area contributed by atoms with Crippen molar-refractivity contribution in [3.05, 3.63) is 52.3 Å². The van der Waals surface area contributed by atoms with Crippen LogP contribution in [0.25, 0.3) is 17.0 Å². The number of aromatic nitrogens is 1. The van der Waals surface area contributed by atoms with Crippen LogP contribution in [0.5, 0.6) is 0 Å². The fraction of sp³-hybridized carbons (Fsp3) is 0.154. The molecular weight excluding hydrogens is 266 g/mol. The van der Waals surface area contributed by atoms with Crippen molar-refractivity contribution >= 4 is 32.9 Å². The van der Waals surface area contributed by atoms with Gasteiger partial charge in [-0.3, -0.25) is 4.79 Å². The number of para-hydroxylation sites is 1. The Kier molecular flexibility index (Phi) is 3.57. The first-order valence-corrected chi connectivity index (χ1v) is 6.28. The van der Waals surface area contributed by atoms with Gasteiger partial charge in [-0.2, -0.15) is 0 Å². The molecule has 16 heavy (non-hydrogen) atoms. The SMILES string of the molecule is O=c1cc[nH]c2c(C=CCCBr)cccc12. The Morgan fingerprint density at radius 1 is 1.31 bits per heavy atom. The lowest BCUT2D eigenvalue weighted by Gasteiger charge is -2.00. The van der Waals surface area contributed by atoms with Crippen molar-refractivity contribution in [3.8, 4) is 0 Å². The largest absolute Gasteiger partial charge is 0.360 e. The predicted octanol–water partition coefficient (Wildman–Crippen LogP) is 3.33. The Balaban J connectivity index is 2.54. The molecule has 0 amide bonds. The molecule has 0 aliphatic carbocycles. The van der Waals surface area contributed by atoms with Gasteiger partial charge >= 0.3 is 0 Å². The molecule has 2 nitrogen and oxygen atoms in total. The third-order valence-electron chi connectivity index (χ3n) is 2.40. The Morgan fingerprint density at radius 2 is 2.19 bits per heavy atom. The topological polar surface area (TPSA) is 32.9 Å². The van der Waals surface area contributed by atoms with E-state index in [4.69, 9.17) is 0 Å². The number of rotatable bonds is 3. The zero-order valence-electron chi connectivity index (χ0n) is 8.74. The molecule has 0 aliphatic rings. The van der Waals surface area contributed by atoms with Crippen LogP contribution in [0.15, 0.2) is 41.3 Å². The van der Waals surface area contributed by atoms with Gasteiger partial charge in [-0.1, -0.05) is 40.2 Å². The standard InChI is InChI=1S/C13H12BrNO/c14-8-2-1-4-10-5-3-6-11-12(16)7-9-15-13(10)11/h1,3-7,9H,2,8H2,(H,15,16). The van der Waals surface area contributed by atoms with Gasteiger partial charge in [-0.25, -0.2) is 0 Å². The molecule has 2 aromatic rings. The number of hydrogen-bond acceptors (Lipinski definition) is 1. The summed E-state index contributed by atoms with van der Waals surface area (Å²) in [5.74, 6) is 0. The monoisotopic (exact) mass is 277 g/mol. The highest BCUT2D eigenvalue weighted by Gasteiger charge is 2.00. The highest BCUT2D eigenvalue weighted by atomic mass is 79.9. The zero-order valence-corrected chi connectivity index (χ0v) is 10.3. The number of hydrogen-bond donors (Lipinski definition) is 1. The van der Waals surface area contributed by atoms with E-state index in [-0.39, 0.29) is 5.43 Å². The Bertz CT molecular complexity index is 571. The molecule has 0 radical (unpaired) electrons. The highest BCUT2D eigenvalue weighted by Crippen LogP contribution is 2.14. The van der Waals surface area contributed by atoms with Crippen molar-refractivity contribution in [1.82, 2.24) is 4.98 Å². The van der Waals surface area contributed by atoms with Gasteiger partial charge in [-0.05, 0) is 18.1 Å². The van der Waals surface area contributed by atoms with Crippen molar-refractivity contribution in [2.24, 2.45) is 0 Å². The lowest BCUT2D eigenvalue weighted by Crippen LogP contribution is -2.00. The smallest absolute Gasteiger partial charge is 0.189 e. The maximum absolute atomic E-state index is 11.6. The van der Waals surface area contributed by atoms with Crippen molar-refractivity contribution in [3.63, 3.8) is 0 Å². The van der Waals surface area contributed by atoms with Crippen LogP contribution in [0.4, 0.5) is 0 Å². The molecule has 0 bridgehead atoms. The van der Waals surface area contributed by atoms with E-state index in [2.05, 4.69) is 27.0 Å². The van der Waals surface area contributed by atoms with E-state index in [9.17, 15) is 4.79 Å². The van der Waals surface area contributed by atoms with Crippen LogP contribution in [0, 0.1) is 0 Å². The average molecular weight is 278 g/mol. The predicted molar refractivity (Wildman–Crippen MR) is 72.0 cm³/mol. The van der Waals surface area contributed by atoms with Gasteiger partial charge < -0.3 is 4.98 Å². The number of aromatic amines is 1. The van der Waals surface area contributed by atoms with Gasteiger partial charge in [0, 0.05) is 23.0 Å². The molecule has 3 heteroatoms. The summed E-state index contributed by atoms with van der Waals surface area (Å²) in [5.41, 5.74) is 2.02. The van der Waals surface area contributed by atoms with Crippen LogP contribution < -0.4 is 5.43 Å². The molecule has 2 rings (SSSR count). The molecule has 1 N–H and O–H groups in total. The van der Waals surface area contributed by atoms with E-state index in [0.29, 0.717) is 0 Å². The molecule has 1 heterocycles. The van der Waals surface area contributed by atoms with Gasteiger partial charge in [0.25, 0.3) is 0 Å². The summed E-state index contributed by atoms with van der Waals surface area (Å²) in [4.78, 5) is 14.7. The van der Waals surface area contributed by atoms with E-state index >= 15 is 0 Å². The second-order valence-corrected chi connectivity index (χ2v) is 4.28. The number of fused-ring (bicyclic) bond motifs is 1. The van der Waals surface area contributed by atoms with Gasteiger partial charge in [0.1, 0.15) is 0 Å². The fourth-order valence-electron chi connectivity index (χ4n) is 1.64. The molecule has 0 fully saturated rings. The second-order valence-electron chi connectivity index (χ2n) is 3.49. The number of pyridine rings is 1. The van der Waals surface area contributed by atoms with Crippen molar-refractivity contribution in [2.75, 3.05) is 5.33 Å². The molecule has 0 unspecified atom stereocenters. The minimum absolute atomic E-state index is 0.0597. The fourth-order valence-corrected chi connectivity index (χ4v) is 1.90. The molecular formula is C13H12BrNO. The first-order chi connectivity index (χ1) is 7.83. The Labute approximate surface area is 102 Å². The lowest BCUT2D eigenvalue weighted by atomic mass is 10.1. The van der Waals surface area contributed by atoms with E-state index < -0.39 is 0 Å². The summed E-state index contributed by atoms with van der Waals surface area (Å²) < 4.78 is 0. The second kappa shape index (κ2) is 5.12. The quantitative estimate of drug-likeness (QED) is 0.858. The highest BCUT2D eigenvalue weighted by molar-refractivity contribution is 9.09. The van der Waals surface area contributed by atoms with E-state index in [1.54, 1.807) is 12.3 Å². The molecule has 0 aliphatic heterocycles. The first-order valence-electron chi connectivity index (χ1n) is 5.16. The van der Waals surface area contributed by atoms with E-state index in [1.807, 2.05) is 24.3 Å². The number of nitrogens with one attached hydrogen (secondary N) is 1. The number of allylic oxidation sites excluding steroid dienone is 1. The van der Waals surface area contributed by atoms with Gasteiger partial charge in [-0.15, -0.1) is 0 Å². The minimum atomic E-state index is 0.0597. The zero-order chi connectivity index (χ0) is 11.4. The molecule has 1 aromatic heterocycles. The third-order valence-corrected chi connectivity index (χ3v) is 2.86. The molecule has 1 aromatic carbocycles. The number of benzene rings is 1. The summed E-state index contributed by atoms with van der Waals surface area (Å²) in [6, 6.07) is 7.30. The van der Waals surface area contributed by atoms with Crippen molar-refractivity contribution < 1.29 is 0 Å². The van der Waals surface area contributed by atoms with Crippen molar-refractivity contribution in [1.29, 1.82) is 0 Å². The van der Waals surface area contributed by atoms with Crippen LogP contribution in [0.1, 0.15) is 12.0 Å². The Morgan fingerprint density at radius 3 is 3.00 bits per heavy atom. The molecule has 0 saturated heterocycles. The molecule has 0 spiro atoms. The number of H-pyrrole nitrogens is 1. The summed E-state index contributed by atoms with van der Waals surface area (Å²) in [5, 5.41) is 1.69. The van der Waals surface area contributed by atoms with E-state index in [1.165, 1.54) is 0 Å². The van der Waals surface area contributed by atoms with Gasteiger partial charge in [0.15, 0.2) is 5.43 Å². The van der Waals surface area contributed by atoms with Crippen LogP contribution >= 0.6 is 15.9 Å². The van der Waals surface area contributed by atoms with Crippen LogP contribution in [0.2, 0.25) is 0 Å². The number of halogens is 1. The summed E-state index contributed by atoms with van der Waals surface area (Å²) in [6.07, 6.45) is 6.80. The normalized spacial score (nSPS) is 11.3. The van der Waals surface area contributed by atoms with Crippen molar-refractivity contribution in [2.45, 2.75) is 6.42 Å². The first kappa shape index (κ1) is 11.1. The minimum Gasteiger partial charge on any atom is -0.360 e. The van der Waals surface area contributed by atoms with Crippen LogP contribution in [-0.2, 0) is 0 Å². The van der Waals surface area contributed by atoms with Gasteiger partial charge in [0.2, 0.25) is 0 Å². The van der Waals surface area contributed by atoms with Gasteiger partial charge in [0.05, 0.1) is 5.52 Å². The molecule has 0 saturated carbocycles.